The van der Waals surface area contributed by atoms with E-state index in [4.69, 9.17) is 9.47 Å². The number of methoxy groups -OCH3 is 1. The molecule has 0 bridgehead atoms. The molecule has 4 nitrogen and oxygen atoms in total. The Balaban J connectivity index is 1.62. The molecule has 0 saturated heterocycles. The minimum atomic E-state index is -0.339. The van der Waals surface area contributed by atoms with Crippen LogP contribution in [0.25, 0.3) is 0 Å². The van der Waals surface area contributed by atoms with E-state index in [1.54, 1.807) is 18.9 Å². The highest BCUT2D eigenvalue weighted by atomic mass is 32.2. The first-order chi connectivity index (χ1) is 12.5. The minimum Gasteiger partial charge on any atom is -0.497 e. The third-order valence-corrected chi connectivity index (χ3v) is 5.36. The lowest BCUT2D eigenvalue weighted by molar-refractivity contribution is -0.119. The van der Waals surface area contributed by atoms with E-state index < -0.39 is 0 Å². The van der Waals surface area contributed by atoms with E-state index in [1.165, 1.54) is 5.56 Å². The molecule has 1 aliphatic rings. The Hall–Kier alpha value is -2.14. The molecule has 1 aliphatic heterocycles. The molecule has 138 valence electrons. The van der Waals surface area contributed by atoms with Crippen LogP contribution in [-0.2, 0) is 10.5 Å². The second-order valence-electron chi connectivity index (χ2n) is 7.07. The smallest absolute Gasteiger partial charge is 0.230 e. The summed E-state index contributed by atoms with van der Waals surface area (Å²) < 4.78 is 11.4. The standard InChI is InChI=1S/C21H25NO3S/c1-21(2)12-18(17-10-9-16(24-3)11-19(17)25-21)22-20(23)14-26-13-15-7-5-4-6-8-15/h4-11,18H,12-14H2,1-3H3,(H,22,23)/t18-/m0/s1. The molecule has 0 radical (unpaired) electrons. The summed E-state index contributed by atoms with van der Waals surface area (Å²) in [4.78, 5) is 12.4. The molecule has 0 fully saturated rings. The molecule has 26 heavy (non-hydrogen) atoms. The fraction of sp³-hybridized carbons (Fsp3) is 0.381. The average molecular weight is 372 g/mol. The lowest BCUT2D eigenvalue weighted by Crippen LogP contribution is -2.41. The topological polar surface area (TPSA) is 47.6 Å². The summed E-state index contributed by atoms with van der Waals surface area (Å²) >= 11 is 1.63. The van der Waals surface area contributed by atoms with Gasteiger partial charge in [-0.1, -0.05) is 30.3 Å². The van der Waals surface area contributed by atoms with E-state index in [-0.39, 0.29) is 17.6 Å². The zero-order chi connectivity index (χ0) is 18.6. The first-order valence-corrected chi connectivity index (χ1v) is 9.90. The molecule has 0 aliphatic carbocycles. The highest BCUT2D eigenvalue weighted by Crippen LogP contribution is 2.41. The van der Waals surface area contributed by atoms with Gasteiger partial charge in [0.05, 0.1) is 18.9 Å². The SMILES string of the molecule is COc1ccc2c(c1)OC(C)(C)C[C@@H]2NC(=O)CSCc1ccccc1. The fourth-order valence-electron chi connectivity index (χ4n) is 3.16. The monoisotopic (exact) mass is 371 g/mol. The summed E-state index contributed by atoms with van der Waals surface area (Å²) in [6.07, 6.45) is 0.738. The second kappa shape index (κ2) is 8.04. The molecule has 1 heterocycles. The number of carbonyl (C=O) groups is 1. The van der Waals surface area contributed by atoms with E-state index in [0.29, 0.717) is 5.75 Å². The molecule has 2 aromatic rings. The van der Waals surface area contributed by atoms with Crippen molar-refractivity contribution in [3.8, 4) is 11.5 Å². The van der Waals surface area contributed by atoms with Crippen molar-refractivity contribution in [2.75, 3.05) is 12.9 Å². The zero-order valence-electron chi connectivity index (χ0n) is 15.5. The number of thioether (sulfide) groups is 1. The van der Waals surface area contributed by atoms with E-state index in [0.717, 1.165) is 29.2 Å². The molecule has 0 aromatic heterocycles. The van der Waals surface area contributed by atoms with Crippen molar-refractivity contribution in [2.45, 2.75) is 37.7 Å². The van der Waals surface area contributed by atoms with Crippen molar-refractivity contribution in [2.24, 2.45) is 0 Å². The summed E-state index contributed by atoms with van der Waals surface area (Å²) in [5.74, 6) is 2.86. The van der Waals surface area contributed by atoms with Crippen LogP contribution < -0.4 is 14.8 Å². The average Bonchev–Trinajstić information content (AvgIpc) is 2.61. The Kier molecular flexibility index (Phi) is 5.77. The van der Waals surface area contributed by atoms with Gasteiger partial charge in [-0.3, -0.25) is 4.79 Å². The van der Waals surface area contributed by atoms with Gasteiger partial charge in [0.15, 0.2) is 0 Å². The summed E-state index contributed by atoms with van der Waals surface area (Å²) in [6.45, 7) is 4.08. The van der Waals surface area contributed by atoms with Gasteiger partial charge in [0, 0.05) is 23.8 Å². The van der Waals surface area contributed by atoms with E-state index in [9.17, 15) is 4.79 Å². The van der Waals surface area contributed by atoms with Crippen molar-refractivity contribution < 1.29 is 14.3 Å². The molecule has 0 unspecified atom stereocenters. The molecule has 0 saturated carbocycles. The number of ether oxygens (including phenoxy) is 2. The van der Waals surface area contributed by atoms with Crippen LogP contribution in [0.15, 0.2) is 48.5 Å². The molecule has 1 N–H and O–H groups in total. The van der Waals surface area contributed by atoms with E-state index in [2.05, 4.69) is 17.4 Å². The van der Waals surface area contributed by atoms with Gasteiger partial charge in [-0.15, -0.1) is 11.8 Å². The van der Waals surface area contributed by atoms with Crippen LogP contribution in [0.1, 0.15) is 37.4 Å². The molecule has 1 amide bonds. The van der Waals surface area contributed by atoms with Gasteiger partial charge in [-0.2, -0.15) is 0 Å². The number of nitrogens with one attached hydrogen (secondary N) is 1. The zero-order valence-corrected chi connectivity index (χ0v) is 16.3. The number of carbonyl (C=O) groups excluding carboxylic acids is 1. The second-order valence-corrected chi connectivity index (χ2v) is 8.05. The van der Waals surface area contributed by atoms with Gasteiger partial charge >= 0.3 is 0 Å². The van der Waals surface area contributed by atoms with Gasteiger partial charge in [0.25, 0.3) is 0 Å². The molecular formula is C21H25NO3S. The van der Waals surface area contributed by atoms with Crippen LogP contribution in [0.5, 0.6) is 11.5 Å². The first kappa shape index (κ1) is 18.6. The van der Waals surface area contributed by atoms with Crippen molar-refractivity contribution in [1.82, 2.24) is 5.32 Å². The van der Waals surface area contributed by atoms with Crippen LogP contribution in [0.3, 0.4) is 0 Å². The Morgan fingerprint density at radius 1 is 1.27 bits per heavy atom. The number of amides is 1. The van der Waals surface area contributed by atoms with Crippen LogP contribution >= 0.6 is 11.8 Å². The Morgan fingerprint density at radius 3 is 2.77 bits per heavy atom. The van der Waals surface area contributed by atoms with Crippen LogP contribution in [0, 0.1) is 0 Å². The Labute approximate surface area is 159 Å². The molecular weight excluding hydrogens is 346 g/mol. The number of rotatable bonds is 6. The molecule has 5 heteroatoms. The minimum absolute atomic E-state index is 0.0513. The third kappa shape index (κ3) is 4.73. The van der Waals surface area contributed by atoms with Crippen molar-refractivity contribution in [1.29, 1.82) is 0 Å². The lowest BCUT2D eigenvalue weighted by atomic mass is 9.89. The highest BCUT2D eigenvalue weighted by Gasteiger charge is 2.34. The number of fused-ring (bicyclic) bond motifs is 1. The van der Waals surface area contributed by atoms with Gasteiger partial charge in [-0.05, 0) is 31.5 Å². The summed E-state index contributed by atoms with van der Waals surface area (Å²) in [7, 11) is 1.64. The van der Waals surface area contributed by atoms with E-state index >= 15 is 0 Å². The van der Waals surface area contributed by atoms with Gasteiger partial charge in [0.2, 0.25) is 5.91 Å². The van der Waals surface area contributed by atoms with Crippen molar-refractivity contribution >= 4 is 17.7 Å². The predicted octanol–water partition coefficient (Wildman–Crippen LogP) is 4.35. The number of benzene rings is 2. The summed E-state index contributed by atoms with van der Waals surface area (Å²) in [5.41, 5.74) is 1.90. The Bertz CT molecular complexity index is 761. The molecule has 0 spiro atoms. The van der Waals surface area contributed by atoms with Crippen LogP contribution in [0.4, 0.5) is 0 Å². The summed E-state index contributed by atoms with van der Waals surface area (Å²) in [5, 5.41) is 3.17. The maximum absolute atomic E-state index is 12.4. The number of hydrogen-bond acceptors (Lipinski definition) is 4. The maximum atomic E-state index is 12.4. The Morgan fingerprint density at radius 2 is 2.04 bits per heavy atom. The van der Waals surface area contributed by atoms with Gasteiger partial charge < -0.3 is 14.8 Å². The normalized spacial score (nSPS) is 17.7. The van der Waals surface area contributed by atoms with Crippen molar-refractivity contribution in [3.63, 3.8) is 0 Å². The molecule has 1 atom stereocenters. The molecule has 3 rings (SSSR count). The quantitative estimate of drug-likeness (QED) is 0.820. The van der Waals surface area contributed by atoms with Crippen molar-refractivity contribution in [3.05, 3.63) is 59.7 Å². The van der Waals surface area contributed by atoms with Crippen LogP contribution in [0.2, 0.25) is 0 Å². The van der Waals surface area contributed by atoms with E-state index in [1.807, 2.05) is 50.2 Å². The molecule has 2 aromatic carbocycles. The number of hydrogen-bond donors (Lipinski definition) is 1. The summed E-state index contributed by atoms with van der Waals surface area (Å²) in [6, 6.07) is 15.9. The maximum Gasteiger partial charge on any atom is 0.230 e. The third-order valence-electron chi connectivity index (χ3n) is 4.36. The first-order valence-electron chi connectivity index (χ1n) is 8.75. The predicted molar refractivity (Wildman–Crippen MR) is 106 cm³/mol. The highest BCUT2D eigenvalue weighted by molar-refractivity contribution is 7.99. The largest absolute Gasteiger partial charge is 0.497 e. The van der Waals surface area contributed by atoms with Gasteiger partial charge in [0.1, 0.15) is 17.1 Å². The van der Waals surface area contributed by atoms with Crippen LogP contribution in [-0.4, -0.2) is 24.4 Å². The fourth-order valence-corrected chi connectivity index (χ4v) is 3.96. The van der Waals surface area contributed by atoms with Gasteiger partial charge in [-0.25, -0.2) is 0 Å². The lowest BCUT2D eigenvalue weighted by Gasteiger charge is -2.38.